The number of nitrogens with zero attached hydrogens (tertiary/aromatic N) is 1. The molecule has 0 aromatic carbocycles. The van der Waals surface area contributed by atoms with Crippen LogP contribution in [-0.4, -0.2) is 37.8 Å². The predicted octanol–water partition coefficient (Wildman–Crippen LogP) is -0.443. The Morgan fingerprint density at radius 3 is 2.69 bits per heavy atom. The molecule has 0 aromatic rings. The van der Waals surface area contributed by atoms with Gasteiger partial charge in [-0.2, -0.15) is 12.7 Å². The molecule has 8 heteroatoms. The molecule has 0 aliphatic carbocycles. The fraction of sp³-hybridized carbons (Fsp3) is 0.500. The van der Waals surface area contributed by atoms with Gasteiger partial charge < -0.3 is 8.92 Å². The highest BCUT2D eigenvalue weighted by Crippen LogP contribution is 2.16. The molecule has 0 radical (unpaired) electrons. The smallest absolute Gasteiger partial charge is 0.412 e. The Kier molecular flexibility index (Phi) is 3.53. The maximum atomic E-state index is 11.4. The number of rotatable bonds is 3. The topological polar surface area (TPSA) is 90.0 Å². The van der Waals surface area contributed by atoms with E-state index in [4.69, 9.17) is 0 Å². The van der Waals surface area contributed by atoms with Crippen LogP contribution in [0.15, 0.2) is 11.8 Å². The van der Waals surface area contributed by atoms with Crippen molar-refractivity contribution in [3.8, 4) is 0 Å². The average Bonchev–Trinajstić information content (AvgIpc) is 2.10. The van der Waals surface area contributed by atoms with E-state index in [1.54, 1.807) is 6.92 Å². The number of esters is 1. The summed E-state index contributed by atoms with van der Waals surface area (Å²) >= 11 is 0. The second-order valence-corrected chi connectivity index (χ2v) is 4.41. The highest BCUT2D eigenvalue weighted by molar-refractivity contribution is 7.85. The van der Waals surface area contributed by atoms with E-state index in [0.717, 1.165) is 6.08 Å². The van der Waals surface area contributed by atoms with E-state index in [1.807, 2.05) is 0 Å². The number of amides is 1. The summed E-state index contributed by atoms with van der Waals surface area (Å²) in [4.78, 5) is 22.4. The molecule has 0 fully saturated rings. The molecule has 0 N–H and O–H groups in total. The van der Waals surface area contributed by atoms with Crippen LogP contribution in [-0.2, 0) is 28.8 Å². The van der Waals surface area contributed by atoms with Crippen LogP contribution in [0.4, 0.5) is 0 Å². The SMILES string of the molecule is CCOC(=O)CN1C(=O)C=C(C)OS1(=O)=O. The van der Waals surface area contributed by atoms with E-state index < -0.39 is 28.7 Å². The second kappa shape index (κ2) is 4.52. The third-order valence-corrected chi connectivity index (χ3v) is 2.98. The molecule has 0 spiro atoms. The van der Waals surface area contributed by atoms with Gasteiger partial charge in [0.15, 0.2) is 0 Å². The number of ether oxygens (including phenoxy) is 1. The normalized spacial score (nSPS) is 18.8. The van der Waals surface area contributed by atoms with Gasteiger partial charge in [-0.15, -0.1) is 0 Å². The van der Waals surface area contributed by atoms with Crippen LogP contribution in [0, 0.1) is 0 Å². The Labute approximate surface area is 92.9 Å². The van der Waals surface area contributed by atoms with Crippen molar-refractivity contribution in [2.24, 2.45) is 0 Å². The van der Waals surface area contributed by atoms with Crippen molar-refractivity contribution in [2.75, 3.05) is 13.2 Å². The van der Waals surface area contributed by atoms with Gasteiger partial charge in [0.2, 0.25) is 0 Å². The predicted molar refractivity (Wildman–Crippen MR) is 52.1 cm³/mol. The second-order valence-electron chi connectivity index (χ2n) is 2.95. The molecule has 0 saturated heterocycles. The highest BCUT2D eigenvalue weighted by Gasteiger charge is 2.34. The molecule has 1 amide bonds. The van der Waals surface area contributed by atoms with Crippen LogP contribution in [0.3, 0.4) is 0 Å². The molecular weight excluding hydrogens is 238 g/mol. The van der Waals surface area contributed by atoms with Gasteiger partial charge in [-0.1, -0.05) is 0 Å². The summed E-state index contributed by atoms with van der Waals surface area (Å²) in [6, 6.07) is 0. The van der Waals surface area contributed by atoms with Gasteiger partial charge in [0, 0.05) is 6.08 Å². The Morgan fingerprint density at radius 2 is 2.19 bits per heavy atom. The van der Waals surface area contributed by atoms with Crippen LogP contribution in [0.1, 0.15) is 13.8 Å². The molecule has 1 aliphatic heterocycles. The molecule has 0 atom stereocenters. The lowest BCUT2D eigenvalue weighted by atomic mass is 10.4. The Morgan fingerprint density at radius 1 is 1.56 bits per heavy atom. The lowest BCUT2D eigenvalue weighted by Gasteiger charge is -2.23. The van der Waals surface area contributed by atoms with E-state index in [-0.39, 0.29) is 12.4 Å². The quantitative estimate of drug-likeness (QED) is 0.630. The molecule has 0 saturated carbocycles. The molecule has 0 unspecified atom stereocenters. The standard InChI is InChI=1S/C8H11NO6S/c1-3-14-8(11)5-9-7(10)4-6(2)15-16(9,12)13/h4H,3,5H2,1-2H3. The number of carbonyl (C=O) groups excluding carboxylic acids is 2. The maximum absolute atomic E-state index is 11.4. The zero-order valence-corrected chi connectivity index (χ0v) is 9.61. The van der Waals surface area contributed by atoms with Gasteiger partial charge in [0.25, 0.3) is 5.91 Å². The summed E-state index contributed by atoms with van der Waals surface area (Å²) in [6.45, 7) is 2.33. The third-order valence-electron chi connectivity index (χ3n) is 1.66. The lowest BCUT2D eigenvalue weighted by molar-refractivity contribution is -0.145. The molecule has 90 valence electrons. The van der Waals surface area contributed by atoms with Crippen molar-refractivity contribution in [1.82, 2.24) is 4.31 Å². The van der Waals surface area contributed by atoms with Crippen molar-refractivity contribution in [1.29, 1.82) is 0 Å². The first-order chi connectivity index (χ1) is 7.36. The molecule has 1 rings (SSSR count). The van der Waals surface area contributed by atoms with E-state index in [2.05, 4.69) is 8.92 Å². The number of hydrogen-bond donors (Lipinski definition) is 0. The van der Waals surface area contributed by atoms with E-state index in [1.165, 1.54) is 6.92 Å². The minimum atomic E-state index is -4.22. The Hall–Kier alpha value is -1.57. The van der Waals surface area contributed by atoms with Crippen molar-refractivity contribution < 1.29 is 26.9 Å². The first kappa shape index (κ1) is 12.5. The fourth-order valence-electron chi connectivity index (χ4n) is 1.07. The number of hydrogen-bond acceptors (Lipinski definition) is 6. The van der Waals surface area contributed by atoms with E-state index in [0.29, 0.717) is 4.31 Å². The van der Waals surface area contributed by atoms with Gasteiger partial charge in [-0.3, -0.25) is 9.59 Å². The highest BCUT2D eigenvalue weighted by atomic mass is 32.2. The largest absolute Gasteiger partial charge is 0.465 e. The maximum Gasteiger partial charge on any atom is 0.412 e. The van der Waals surface area contributed by atoms with Gasteiger partial charge in [0.05, 0.1) is 6.61 Å². The van der Waals surface area contributed by atoms with Crippen LogP contribution in [0.25, 0.3) is 0 Å². The van der Waals surface area contributed by atoms with Crippen molar-refractivity contribution in [3.63, 3.8) is 0 Å². The van der Waals surface area contributed by atoms with Gasteiger partial charge in [-0.25, -0.2) is 0 Å². The van der Waals surface area contributed by atoms with Crippen molar-refractivity contribution in [3.05, 3.63) is 11.8 Å². The van der Waals surface area contributed by atoms with Crippen LogP contribution >= 0.6 is 0 Å². The molecule has 0 aromatic heterocycles. The summed E-state index contributed by atoms with van der Waals surface area (Å²) in [7, 11) is -4.22. The zero-order chi connectivity index (χ0) is 12.3. The number of carbonyl (C=O) groups is 2. The first-order valence-electron chi connectivity index (χ1n) is 4.47. The van der Waals surface area contributed by atoms with Crippen LogP contribution in [0.2, 0.25) is 0 Å². The lowest BCUT2D eigenvalue weighted by Crippen LogP contribution is -2.43. The molecule has 16 heavy (non-hydrogen) atoms. The van der Waals surface area contributed by atoms with Crippen LogP contribution in [0.5, 0.6) is 0 Å². The van der Waals surface area contributed by atoms with E-state index >= 15 is 0 Å². The fourth-order valence-corrected chi connectivity index (χ4v) is 2.08. The molecule has 1 heterocycles. The summed E-state index contributed by atoms with van der Waals surface area (Å²) in [5, 5.41) is 0. The van der Waals surface area contributed by atoms with Gasteiger partial charge in [-0.05, 0) is 13.8 Å². The Bertz CT molecular complexity index is 437. The monoisotopic (exact) mass is 249 g/mol. The van der Waals surface area contributed by atoms with Crippen molar-refractivity contribution >= 4 is 22.2 Å². The summed E-state index contributed by atoms with van der Waals surface area (Å²) in [5.74, 6) is -1.67. The molecule has 0 bridgehead atoms. The first-order valence-corrected chi connectivity index (χ1v) is 5.83. The average molecular weight is 249 g/mol. The molecule has 7 nitrogen and oxygen atoms in total. The molecular formula is C8H11NO6S. The summed E-state index contributed by atoms with van der Waals surface area (Å²) in [5.41, 5.74) is 0. The zero-order valence-electron chi connectivity index (χ0n) is 8.80. The van der Waals surface area contributed by atoms with Crippen molar-refractivity contribution in [2.45, 2.75) is 13.8 Å². The van der Waals surface area contributed by atoms with Gasteiger partial charge in [0.1, 0.15) is 12.3 Å². The van der Waals surface area contributed by atoms with E-state index in [9.17, 15) is 18.0 Å². The number of allylic oxidation sites excluding steroid dienone is 1. The summed E-state index contributed by atoms with van der Waals surface area (Å²) in [6.07, 6.45) is 0.986. The minimum absolute atomic E-state index is 0.0369. The van der Waals surface area contributed by atoms with Gasteiger partial charge >= 0.3 is 16.3 Å². The minimum Gasteiger partial charge on any atom is -0.465 e. The Balaban J connectivity index is 2.87. The summed E-state index contributed by atoms with van der Waals surface area (Å²) < 4.78 is 32.1. The van der Waals surface area contributed by atoms with Crippen LogP contribution < -0.4 is 0 Å². The molecule has 1 aliphatic rings. The third kappa shape index (κ3) is 2.72.